The van der Waals surface area contributed by atoms with Crippen molar-refractivity contribution >= 4 is 45.3 Å². The number of nitrogens with zero attached hydrogens (tertiary/aromatic N) is 2. The smallest absolute Gasteiger partial charge is 0.255 e. The summed E-state index contributed by atoms with van der Waals surface area (Å²) in [4.78, 5) is 12.9. The number of amides is 1. The predicted molar refractivity (Wildman–Crippen MR) is 153 cm³/mol. The van der Waals surface area contributed by atoms with Crippen LogP contribution in [0.25, 0.3) is 0 Å². The van der Waals surface area contributed by atoms with E-state index < -0.39 is 22.5 Å². The fourth-order valence-electron chi connectivity index (χ4n) is 3.63. The molecule has 39 heavy (non-hydrogen) atoms. The van der Waals surface area contributed by atoms with Gasteiger partial charge in [0.05, 0.1) is 17.7 Å². The molecule has 0 aliphatic heterocycles. The number of rotatable bonds is 11. The standard InChI is InChI=1S/C29H25Cl2N3O4S/c30-25-16-15-24(27(31)17-25)19-34(39(36,37)26-12-5-2-6-13-26)20-29(35)33-32-18-23-11-7-8-14-28(23)38-21-22-9-3-1-4-10-22/h1-18H,19-21H2,(H,33,35)/b32-18-. The topological polar surface area (TPSA) is 88.1 Å². The lowest BCUT2D eigenvalue weighted by molar-refractivity contribution is -0.121. The maximum atomic E-state index is 13.4. The average Bonchev–Trinajstić information content (AvgIpc) is 2.94. The molecule has 7 nitrogen and oxygen atoms in total. The van der Waals surface area contributed by atoms with Gasteiger partial charge in [0.1, 0.15) is 12.4 Å². The minimum absolute atomic E-state index is 0.0517. The van der Waals surface area contributed by atoms with Crippen molar-refractivity contribution in [3.05, 3.63) is 130 Å². The van der Waals surface area contributed by atoms with Gasteiger partial charge < -0.3 is 4.74 Å². The molecule has 200 valence electrons. The van der Waals surface area contributed by atoms with Crippen LogP contribution in [0.4, 0.5) is 0 Å². The first kappa shape index (κ1) is 28.3. The highest BCUT2D eigenvalue weighted by Crippen LogP contribution is 2.25. The molecule has 0 heterocycles. The first-order valence-corrected chi connectivity index (χ1v) is 14.1. The van der Waals surface area contributed by atoms with E-state index in [4.69, 9.17) is 27.9 Å². The first-order chi connectivity index (χ1) is 18.8. The van der Waals surface area contributed by atoms with Gasteiger partial charge in [0.2, 0.25) is 10.0 Å². The molecule has 0 fully saturated rings. The number of sulfonamides is 1. The number of nitrogens with one attached hydrogen (secondary N) is 1. The largest absolute Gasteiger partial charge is 0.488 e. The Morgan fingerprint density at radius 1 is 0.897 bits per heavy atom. The lowest BCUT2D eigenvalue weighted by atomic mass is 10.2. The second-order valence-corrected chi connectivity index (χ2v) is 11.2. The van der Waals surface area contributed by atoms with E-state index in [1.165, 1.54) is 24.4 Å². The summed E-state index contributed by atoms with van der Waals surface area (Å²) in [6, 6.07) is 29.6. The summed E-state index contributed by atoms with van der Waals surface area (Å²) in [6.07, 6.45) is 1.45. The second kappa shape index (κ2) is 13.4. The molecule has 0 saturated carbocycles. The maximum absolute atomic E-state index is 13.4. The van der Waals surface area contributed by atoms with Crippen molar-refractivity contribution in [2.45, 2.75) is 18.0 Å². The minimum atomic E-state index is -4.03. The fourth-order valence-corrected chi connectivity index (χ4v) is 5.49. The van der Waals surface area contributed by atoms with Gasteiger partial charge in [-0.25, -0.2) is 13.8 Å². The molecule has 4 aromatic carbocycles. The number of ether oxygens (including phenoxy) is 1. The Bertz CT molecular complexity index is 1550. The summed E-state index contributed by atoms with van der Waals surface area (Å²) in [5, 5.41) is 4.74. The van der Waals surface area contributed by atoms with Gasteiger partial charge in [0.15, 0.2) is 0 Å². The van der Waals surface area contributed by atoms with Gasteiger partial charge in [-0.3, -0.25) is 4.79 Å². The maximum Gasteiger partial charge on any atom is 0.255 e. The van der Waals surface area contributed by atoms with Gasteiger partial charge in [-0.05, 0) is 47.5 Å². The molecule has 0 atom stereocenters. The Kier molecular flexibility index (Phi) is 9.73. The molecule has 10 heteroatoms. The fraction of sp³-hybridized carbons (Fsp3) is 0.103. The molecule has 4 rings (SSSR count). The first-order valence-electron chi connectivity index (χ1n) is 11.9. The van der Waals surface area contributed by atoms with Crippen molar-refractivity contribution in [3.8, 4) is 5.75 Å². The summed E-state index contributed by atoms with van der Waals surface area (Å²) in [6.45, 7) is -0.252. The highest BCUT2D eigenvalue weighted by atomic mass is 35.5. The third-order valence-electron chi connectivity index (χ3n) is 5.61. The van der Waals surface area contributed by atoms with Crippen LogP contribution in [0.1, 0.15) is 16.7 Å². The summed E-state index contributed by atoms with van der Waals surface area (Å²) >= 11 is 12.3. The van der Waals surface area contributed by atoms with Gasteiger partial charge in [0, 0.05) is 22.2 Å². The van der Waals surface area contributed by atoms with E-state index in [-0.39, 0.29) is 11.4 Å². The van der Waals surface area contributed by atoms with Crippen LogP contribution in [0, 0.1) is 0 Å². The van der Waals surface area contributed by atoms with Gasteiger partial charge in [0.25, 0.3) is 5.91 Å². The highest BCUT2D eigenvalue weighted by molar-refractivity contribution is 7.89. The summed E-state index contributed by atoms with van der Waals surface area (Å²) in [7, 11) is -4.03. The van der Waals surface area contributed by atoms with Crippen LogP contribution in [-0.2, 0) is 28.0 Å². The highest BCUT2D eigenvalue weighted by Gasteiger charge is 2.27. The lowest BCUT2D eigenvalue weighted by Crippen LogP contribution is -2.39. The third-order valence-corrected chi connectivity index (χ3v) is 8.00. The number of benzene rings is 4. The van der Waals surface area contributed by atoms with Crippen molar-refractivity contribution in [3.63, 3.8) is 0 Å². The van der Waals surface area contributed by atoms with Crippen molar-refractivity contribution in [1.82, 2.24) is 9.73 Å². The molecular formula is C29H25Cl2N3O4S. The van der Waals surface area contributed by atoms with Crippen LogP contribution < -0.4 is 10.2 Å². The van der Waals surface area contributed by atoms with Crippen molar-refractivity contribution in [2.75, 3.05) is 6.54 Å². The van der Waals surface area contributed by atoms with Crippen molar-refractivity contribution in [1.29, 1.82) is 0 Å². The summed E-state index contributed by atoms with van der Waals surface area (Å²) in [5.74, 6) is -0.0384. The molecular weight excluding hydrogens is 557 g/mol. The van der Waals surface area contributed by atoms with Gasteiger partial charge in [-0.15, -0.1) is 0 Å². The van der Waals surface area contributed by atoms with E-state index in [9.17, 15) is 13.2 Å². The Morgan fingerprint density at radius 2 is 1.56 bits per heavy atom. The quantitative estimate of drug-likeness (QED) is 0.176. The van der Waals surface area contributed by atoms with Crippen LogP contribution in [0.3, 0.4) is 0 Å². The van der Waals surface area contributed by atoms with Crippen LogP contribution in [0.5, 0.6) is 5.75 Å². The lowest BCUT2D eigenvalue weighted by Gasteiger charge is -2.22. The Morgan fingerprint density at radius 3 is 2.28 bits per heavy atom. The molecule has 1 N–H and O–H groups in total. The van der Waals surface area contributed by atoms with E-state index in [0.29, 0.717) is 33.5 Å². The van der Waals surface area contributed by atoms with E-state index in [2.05, 4.69) is 10.5 Å². The summed E-state index contributed by atoms with van der Waals surface area (Å²) in [5.41, 5.74) is 4.57. The van der Waals surface area contributed by atoms with Crippen LogP contribution in [0.15, 0.2) is 113 Å². The Balaban J connectivity index is 1.47. The zero-order chi connectivity index (χ0) is 27.7. The molecule has 1 amide bonds. The number of hydrazone groups is 1. The molecule has 0 spiro atoms. The molecule has 0 aliphatic carbocycles. The third kappa shape index (κ3) is 7.91. The number of carbonyl (C=O) groups excluding carboxylic acids is 1. The number of halogens is 2. The number of hydrogen-bond acceptors (Lipinski definition) is 5. The number of para-hydroxylation sites is 1. The Labute approximate surface area is 237 Å². The molecule has 0 bridgehead atoms. The monoisotopic (exact) mass is 581 g/mol. The van der Waals surface area contributed by atoms with Gasteiger partial charge in [-0.2, -0.15) is 9.41 Å². The van der Waals surface area contributed by atoms with Crippen molar-refractivity contribution in [2.24, 2.45) is 5.10 Å². The molecule has 0 aromatic heterocycles. The van der Waals surface area contributed by atoms with E-state index >= 15 is 0 Å². The number of hydrogen-bond donors (Lipinski definition) is 1. The van der Waals surface area contributed by atoms with Crippen LogP contribution in [0.2, 0.25) is 10.0 Å². The predicted octanol–water partition coefficient (Wildman–Crippen LogP) is 5.91. The molecule has 0 saturated heterocycles. The van der Waals surface area contributed by atoms with E-state index in [1.807, 2.05) is 42.5 Å². The Hall–Kier alpha value is -3.69. The molecule has 0 aliphatic rings. The zero-order valence-electron chi connectivity index (χ0n) is 20.7. The van der Waals surface area contributed by atoms with E-state index in [0.717, 1.165) is 9.87 Å². The number of carbonyl (C=O) groups is 1. The average molecular weight is 583 g/mol. The summed E-state index contributed by atoms with van der Waals surface area (Å²) < 4.78 is 33.8. The molecule has 0 unspecified atom stereocenters. The minimum Gasteiger partial charge on any atom is -0.488 e. The normalized spacial score (nSPS) is 11.6. The molecule has 0 radical (unpaired) electrons. The van der Waals surface area contributed by atoms with Gasteiger partial charge >= 0.3 is 0 Å². The SMILES string of the molecule is O=C(CN(Cc1ccc(Cl)cc1Cl)S(=O)(=O)c1ccccc1)N/N=C\c1ccccc1OCc1ccccc1. The van der Waals surface area contributed by atoms with Crippen molar-refractivity contribution < 1.29 is 17.9 Å². The zero-order valence-corrected chi connectivity index (χ0v) is 23.0. The van der Waals surface area contributed by atoms with Crippen LogP contribution in [-0.4, -0.2) is 31.4 Å². The van der Waals surface area contributed by atoms with Crippen LogP contribution >= 0.6 is 23.2 Å². The van der Waals surface area contributed by atoms with Gasteiger partial charge in [-0.1, -0.05) is 89.9 Å². The van der Waals surface area contributed by atoms with E-state index in [1.54, 1.807) is 42.5 Å². The second-order valence-electron chi connectivity index (χ2n) is 8.43. The molecule has 4 aromatic rings.